The molecule has 0 bridgehead atoms. The predicted octanol–water partition coefficient (Wildman–Crippen LogP) is 3.60. The topological polar surface area (TPSA) is 15.3 Å². The Bertz CT molecular complexity index is 606. The largest absolute Gasteiger partial charge is 0.367 e. The average Bonchev–Trinajstić information content (AvgIpc) is 2.48. The molecule has 0 amide bonds. The molecule has 1 unspecified atom stereocenters. The number of nitrogens with one attached hydrogen (secondary N) is 1. The molecule has 110 valence electrons. The number of rotatable bonds is 4. The van der Waals surface area contributed by atoms with Gasteiger partial charge in [-0.3, -0.25) is 0 Å². The summed E-state index contributed by atoms with van der Waals surface area (Å²) >= 11 is 0. The molecule has 0 spiro atoms. The van der Waals surface area contributed by atoms with Gasteiger partial charge in [0.2, 0.25) is 0 Å². The second-order valence-electron chi connectivity index (χ2n) is 6.17. The molecule has 2 nitrogen and oxygen atoms in total. The lowest BCUT2D eigenvalue weighted by atomic mass is 9.93. The maximum atomic E-state index is 3.22. The van der Waals surface area contributed by atoms with Crippen LogP contribution in [0.15, 0.2) is 48.5 Å². The van der Waals surface area contributed by atoms with Crippen LogP contribution in [0.3, 0.4) is 0 Å². The highest BCUT2D eigenvalue weighted by Crippen LogP contribution is 2.30. The summed E-state index contributed by atoms with van der Waals surface area (Å²) in [5.74, 6) is 0.723. The third-order valence-corrected chi connectivity index (χ3v) is 4.18. The summed E-state index contributed by atoms with van der Waals surface area (Å²) in [6.45, 7) is 5.42. The fourth-order valence-electron chi connectivity index (χ4n) is 3.32. The lowest BCUT2D eigenvalue weighted by Gasteiger charge is -2.35. The first-order valence-electron chi connectivity index (χ1n) is 7.81. The van der Waals surface area contributed by atoms with E-state index < -0.39 is 0 Å². The Hall–Kier alpha value is -1.80. The SMILES string of the molecule is CNCc1cccc(CN2CC(C)Cc3ccccc32)c1. The monoisotopic (exact) mass is 280 g/mol. The van der Waals surface area contributed by atoms with Crippen LogP contribution in [0.4, 0.5) is 5.69 Å². The number of hydrogen-bond acceptors (Lipinski definition) is 2. The highest BCUT2D eigenvalue weighted by atomic mass is 15.1. The van der Waals surface area contributed by atoms with Gasteiger partial charge in [-0.2, -0.15) is 0 Å². The minimum Gasteiger partial charge on any atom is -0.367 e. The number of hydrogen-bond donors (Lipinski definition) is 1. The zero-order chi connectivity index (χ0) is 14.7. The molecule has 1 aliphatic rings. The number of anilines is 1. The molecule has 0 saturated carbocycles. The molecule has 21 heavy (non-hydrogen) atoms. The minimum atomic E-state index is 0.723. The van der Waals surface area contributed by atoms with E-state index in [2.05, 4.69) is 65.7 Å². The van der Waals surface area contributed by atoms with Crippen LogP contribution in [0.1, 0.15) is 23.6 Å². The predicted molar refractivity (Wildman–Crippen MR) is 89.6 cm³/mol. The smallest absolute Gasteiger partial charge is 0.0429 e. The van der Waals surface area contributed by atoms with Crippen molar-refractivity contribution in [1.82, 2.24) is 5.32 Å². The molecule has 0 aromatic heterocycles. The highest BCUT2D eigenvalue weighted by Gasteiger charge is 2.21. The van der Waals surface area contributed by atoms with E-state index in [1.807, 2.05) is 7.05 Å². The summed E-state index contributed by atoms with van der Waals surface area (Å²) in [4.78, 5) is 2.53. The van der Waals surface area contributed by atoms with Crippen LogP contribution in [-0.4, -0.2) is 13.6 Å². The van der Waals surface area contributed by atoms with Crippen LogP contribution >= 0.6 is 0 Å². The van der Waals surface area contributed by atoms with E-state index in [1.54, 1.807) is 0 Å². The number of fused-ring (bicyclic) bond motifs is 1. The van der Waals surface area contributed by atoms with Gasteiger partial charge in [0, 0.05) is 25.3 Å². The van der Waals surface area contributed by atoms with Gasteiger partial charge in [-0.05, 0) is 42.1 Å². The first-order chi connectivity index (χ1) is 10.3. The van der Waals surface area contributed by atoms with Crippen LogP contribution in [0, 0.1) is 5.92 Å². The van der Waals surface area contributed by atoms with Crippen LogP contribution in [0.5, 0.6) is 0 Å². The summed E-state index contributed by atoms with van der Waals surface area (Å²) in [6, 6.07) is 17.8. The normalized spacial score (nSPS) is 17.6. The fraction of sp³-hybridized carbons (Fsp3) is 0.368. The summed E-state index contributed by atoms with van der Waals surface area (Å²) in [6.07, 6.45) is 1.20. The highest BCUT2D eigenvalue weighted by molar-refractivity contribution is 5.56. The van der Waals surface area contributed by atoms with E-state index in [4.69, 9.17) is 0 Å². The molecular formula is C19H24N2. The van der Waals surface area contributed by atoms with Gasteiger partial charge in [0.1, 0.15) is 0 Å². The van der Waals surface area contributed by atoms with E-state index >= 15 is 0 Å². The molecule has 3 rings (SSSR count). The Labute approximate surface area is 127 Å². The van der Waals surface area contributed by atoms with Gasteiger partial charge in [0.05, 0.1) is 0 Å². The minimum absolute atomic E-state index is 0.723. The van der Waals surface area contributed by atoms with Gasteiger partial charge in [-0.1, -0.05) is 49.4 Å². The van der Waals surface area contributed by atoms with Crippen molar-refractivity contribution < 1.29 is 0 Å². The second kappa shape index (κ2) is 6.31. The van der Waals surface area contributed by atoms with Gasteiger partial charge >= 0.3 is 0 Å². The Balaban J connectivity index is 1.83. The molecule has 1 N–H and O–H groups in total. The van der Waals surface area contributed by atoms with Crippen LogP contribution in [-0.2, 0) is 19.5 Å². The van der Waals surface area contributed by atoms with E-state index in [1.165, 1.54) is 28.8 Å². The van der Waals surface area contributed by atoms with E-state index in [0.29, 0.717) is 0 Å². The fourth-order valence-corrected chi connectivity index (χ4v) is 3.32. The number of benzene rings is 2. The van der Waals surface area contributed by atoms with Gasteiger partial charge in [0.15, 0.2) is 0 Å². The lowest BCUT2D eigenvalue weighted by Crippen LogP contribution is -2.33. The molecule has 1 atom stereocenters. The maximum Gasteiger partial charge on any atom is 0.0429 e. The molecule has 2 aromatic rings. The van der Waals surface area contributed by atoms with Crippen LogP contribution < -0.4 is 10.2 Å². The van der Waals surface area contributed by atoms with Crippen LogP contribution in [0.2, 0.25) is 0 Å². The van der Waals surface area contributed by atoms with Crippen molar-refractivity contribution in [2.24, 2.45) is 5.92 Å². The van der Waals surface area contributed by atoms with Crippen molar-refractivity contribution in [3.63, 3.8) is 0 Å². The van der Waals surface area contributed by atoms with E-state index in [9.17, 15) is 0 Å². The molecule has 1 heterocycles. The maximum absolute atomic E-state index is 3.22. The Kier molecular flexibility index (Phi) is 4.26. The van der Waals surface area contributed by atoms with Crippen molar-refractivity contribution in [2.45, 2.75) is 26.4 Å². The Morgan fingerprint density at radius 2 is 1.90 bits per heavy atom. The first-order valence-corrected chi connectivity index (χ1v) is 7.81. The third-order valence-electron chi connectivity index (χ3n) is 4.18. The molecule has 0 fully saturated rings. The zero-order valence-electron chi connectivity index (χ0n) is 13.0. The van der Waals surface area contributed by atoms with Crippen molar-refractivity contribution in [3.8, 4) is 0 Å². The summed E-state index contributed by atoms with van der Waals surface area (Å²) < 4.78 is 0. The van der Waals surface area contributed by atoms with E-state index in [0.717, 1.165) is 25.6 Å². The van der Waals surface area contributed by atoms with Crippen molar-refractivity contribution >= 4 is 5.69 Å². The summed E-state index contributed by atoms with van der Waals surface area (Å²) in [5, 5.41) is 3.22. The average molecular weight is 280 g/mol. The Morgan fingerprint density at radius 1 is 1.10 bits per heavy atom. The van der Waals surface area contributed by atoms with Crippen molar-refractivity contribution in [1.29, 1.82) is 0 Å². The third kappa shape index (κ3) is 3.27. The first kappa shape index (κ1) is 14.2. The quantitative estimate of drug-likeness (QED) is 0.920. The second-order valence-corrected chi connectivity index (χ2v) is 6.17. The lowest BCUT2D eigenvalue weighted by molar-refractivity contribution is 0.530. The number of nitrogens with zero attached hydrogens (tertiary/aromatic N) is 1. The van der Waals surface area contributed by atoms with Gasteiger partial charge in [0.25, 0.3) is 0 Å². The summed E-state index contributed by atoms with van der Waals surface area (Å²) in [5.41, 5.74) is 5.65. The van der Waals surface area contributed by atoms with Gasteiger partial charge < -0.3 is 10.2 Å². The molecule has 2 heteroatoms. The van der Waals surface area contributed by atoms with E-state index in [-0.39, 0.29) is 0 Å². The van der Waals surface area contributed by atoms with Crippen LogP contribution in [0.25, 0.3) is 0 Å². The molecule has 2 aromatic carbocycles. The molecule has 0 aliphatic carbocycles. The molecular weight excluding hydrogens is 256 g/mol. The molecule has 0 saturated heterocycles. The van der Waals surface area contributed by atoms with Crippen molar-refractivity contribution in [3.05, 3.63) is 65.2 Å². The number of para-hydroxylation sites is 1. The Morgan fingerprint density at radius 3 is 2.76 bits per heavy atom. The standard InChI is InChI=1S/C19H24N2/c1-15-10-18-8-3-4-9-19(18)21(13-15)14-17-7-5-6-16(11-17)12-20-2/h3-9,11,15,20H,10,12-14H2,1-2H3. The summed E-state index contributed by atoms with van der Waals surface area (Å²) in [7, 11) is 2.00. The van der Waals surface area contributed by atoms with Gasteiger partial charge in [-0.15, -0.1) is 0 Å². The molecule has 0 radical (unpaired) electrons. The van der Waals surface area contributed by atoms with Gasteiger partial charge in [-0.25, -0.2) is 0 Å². The van der Waals surface area contributed by atoms with Crippen molar-refractivity contribution in [2.75, 3.05) is 18.5 Å². The molecule has 1 aliphatic heterocycles. The zero-order valence-corrected chi connectivity index (χ0v) is 13.0.